The van der Waals surface area contributed by atoms with Crippen molar-refractivity contribution in [1.82, 2.24) is 5.32 Å². The average Bonchev–Trinajstić information content (AvgIpc) is 2.47. The van der Waals surface area contributed by atoms with Crippen molar-refractivity contribution in [3.05, 3.63) is 0 Å². The van der Waals surface area contributed by atoms with E-state index in [4.69, 9.17) is 0 Å². The second-order valence-corrected chi connectivity index (χ2v) is 4.02. The highest BCUT2D eigenvalue weighted by molar-refractivity contribution is 7.83. The van der Waals surface area contributed by atoms with Crippen LogP contribution in [0.3, 0.4) is 0 Å². The Morgan fingerprint density at radius 2 is 2.10 bits per heavy atom. The van der Waals surface area contributed by atoms with E-state index in [0.29, 0.717) is 0 Å². The maximum Gasteiger partial charge on any atom is 0.236 e. The van der Waals surface area contributed by atoms with Crippen LogP contribution in [-0.2, 0) is 4.79 Å². The molecular weight excluding hydrogens is 146 g/mol. The number of thiol groups is 1. The highest BCUT2D eigenvalue weighted by Gasteiger charge is 2.46. The Morgan fingerprint density at radius 3 is 2.40 bits per heavy atom. The summed E-state index contributed by atoms with van der Waals surface area (Å²) in [7, 11) is 0. The molecule has 0 atom stereocenters. The molecule has 58 valence electrons. The molecule has 1 aliphatic rings. The molecule has 0 unspecified atom stereocenters. The molecule has 0 spiro atoms. The van der Waals surface area contributed by atoms with Crippen LogP contribution in [0, 0.1) is 0 Å². The van der Waals surface area contributed by atoms with Gasteiger partial charge < -0.3 is 5.32 Å². The van der Waals surface area contributed by atoms with Crippen molar-refractivity contribution in [1.29, 1.82) is 0 Å². The lowest BCUT2D eigenvalue weighted by atomic mass is 10.3. The summed E-state index contributed by atoms with van der Waals surface area (Å²) in [5.74, 6) is 0.0887. The zero-order chi connectivity index (χ0) is 7.78. The smallest absolute Gasteiger partial charge is 0.236 e. The van der Waals surface area contributed by atoms with Crippen LogP contribution in [0.25, 0.3) is 0 Å². The Kier molecular flexibility index (Phi) is 1.95. The molecule has 0 aromatic carbocycles. The minimum atomic E-state index is -0.315. The van der Waals surface area contributed by atoms with Crippen molar-refractivity contribution in [2.75, 3.05) is 0 Å². The number of hydrogen-bond donors (Lipinski definition) is 2. The Labute approximate surface area is 66.8 Å². The van der Waals surface area contributed by atoms with Gasteiger partial charge in [-0.2, -0.15) is 12.6 Å². The average molecular weight is 159 g/mol. The fraction of sp³-hybridized carbons (Fsp3) is 0.857. The molecule has 2 nitrogen and oxygen atoms in total. The minimum Gasteiger partial charge on any atom is -0.353 e. The first-order valence-electron chi connectivity index (χ1n) is 3.58. The van der Waals surface area contributed by atoms with E-state index in [0.717, 1.165) is 12.8 Å². The summed E-state index contributed by atoms with van der Waals surface area (Å²) < 4.78 is -0.315. The van der Waals surface area contributed by atoms with Crippen LogP contribution in [-0.4, -0.2) is 16.7 Å². The third-order valence-corrected chi connectivity index (χ3v) is 2.22. The summed E-state index contributed by atoms with van der Waals surface area (Å²) >= 11 is 4.22. The number of rotatable bonds is 2. The SMILES string of the molecule is CC(C)NC(=O)C1(S)CC1. The van der Waals surface area contributed by atoms with Gasteiger partial charge in [-0.3, -0.25) is 4.79 Å². The molecular formula is C7H13NOS. The zero-order valence-corrected chi connectivity index (χ0v) is 7.24. The van der Waals surface area contributed by atoms with Gasteiger partial charge in [0.1, 0.15) is 0 Å². The predicted molar refractivity (Wildman–Crippen MR) is 44.2 cm³/mol. The van der Waals surface area contributed by atoms with Gasteiger partial charge in [-0.15, -0.1) is 0 Å². The van der Waals surface area contributed by atoms with Crippen LogP contribution in [0.5, 0.6) is 0 Å². The molecule has 1 saturated carbocycles. The number of carbonyl (C=O) groups is 1. The third-order valence-electron chi connectivity index (χ3n) is 1.57. The van der Waals surface area contributed by atoms with Gasteiger partial charge in [0, 0.05) is 6.04 Å². The van der Waals surface area contributed by atoms with Gasteiger partial charge in [-0.05, 0) is 26.7 Å². The lowest BCUT2D eigenvalue weighted by molar-refractivity contribution is -0.121. The summed E-state index contributed by atoms with van der Waals surface area (Å²) in [6, 6.07) is 0.233. The molecule has 1 N–H and O–H groups in total. The van der Waals surface area contributed by atoms with Gasteiger partial charge in [-0.1, -0.05) is 0 Å². The second-order valence-electron chi connectivity index (χ2n) is 3.16. The van der Waals surface area contributed by atoms with E-state index in [-0.39, 0.29) is 16.7 Å². The standard InChI is InChI=1S/C7H13NOS/c1-5(2)8-6(9)7(10)3-4-7/h5,10H,3-4H2,1-2H3,(H,8,9). The molecule has 0 aromatic rings. The van der Waals surface area contributed by atoms with Crippen molar-refractivity contribution < 1.29 is 4.79 Å². The van der Waals surface area contributed by atoms with Gasteiger partial charge in [0.2, 0.25) is 5.91 Å². The quantitative estimate of drug-likeness (QED) is 0.578. The zero-order valence-electron chi connectivity index (χ0n) is 6.35. The molecule has 0 heterocycles. The predicted octanol–water partition coefficient (Wildman–Crippen LogP) is 0.973. The lowest BCUT2D eigenvalue weighted by Crippen LogP contribution is -2.37. The highest BCUT2D eigenvalue weighted by atomic mass is 32.1. The van der Waals surface area contributed by atoms with Crippen LogP contribution in [0.2, 0.25) is 0 Å². The van der Waals surface area contributed by atoms with E-state index in [1.54, 1.807) is 0 Å². The van der Waals surface area contributed by atoms with Crippen molar-refractivity contribution in [3.63, 3.8) is 0 Å². The molecule has 1 aliphatic carbocycles. The van der Waals surface area contributed by atoms with Crippen molar-refractivity contribution in [2.45, 2.75) is 37.5 Å². The first-order valence-corrected chi connectivity index (χ1v) is 4.03. The molecule has 0 aromatic heterocycles. The van der Waals surface area contributed by atoms with E-state index >= 15 is 0 Å². The maximum absolute atomic E-state index is 11.2. The van der Waals surface area contributed by atoms with E-state index in [2.05, 4.69) is 17.9 Å². The second kappa shape index (κ2) is 2.46. The molecule has 1 rings (SSSR count). The van der Waals surface area contributed by atoms with Gasteiger partial charge in [-0.25, -0.2) is 0 Å². The number of amides is 1. The van der Waals surface area contributed by atoms with E-state index in [1.165, 1.54) is 0 Å². The Hall–Kier alpha value is -0.180. The van der Waals surface area contributed by atoms with Gasteiger partial charge in [0.15, 0.2) is 0 Å². The molecule has 0 aliphatic heterocycles. The molecule has 1 fully saturated rings. The normalized spacial score (nSPS) is 20.8. The summed E-state index contributed by atoms with van der Waals surface area (Å²) in [5.41, 5.74) is 0. The first kappa shape index (κ1) is 7.92. The Bertz CT molecular complexity index is 152. The number of hydrogen-bond acceptors (Lipinski definition) is 2. The van der Waals surface area contributed by atoms with Crippen molar-refractivity contribution in [3.8, 4) is 0 Å². The van der Waals surface area contributed by atoms with Crippen LogP contribution < -0.4 is 5.32 Å². The maximum atomic E-state index is 11.2. The van der Waals surface area contributed by atoms with Crippen LogP contribution in [0.15, 0.2) is 0 Å². The van der Waals surface area contributed by atoms with Gasteiger partial charge in [0.05, 0.1) is 4.75 Å². The Morgan fingerprint density at radius 1 is 1.60 bits per heavy atom. The van der Waals surface area contributed by atoms with Crippen LogP contribution >= 0.6 is 12.6 Å². The van der Waals surface area contributed by atoms with E-state index in [9.17, 15) is 4.79 Å². The van der Waals surface area contributed by atoms with E-state index in [1.807, 2.05) is 13.8 Å². The largest absolute Gasteiger partial charge is 0.353 e. The summed E-state index contributed by atoms with van der Waals surface area (Å²) in [6.07, 6.45) is 1.85. The minimum absolute atomic E-state index is 0.0887. The number of carbonyl (C=O) groups excluding carboxylic acids is 1. The fourth-order valence-electron chi connectivity index (χ4n) is 0.742. The van der Waals surface area contributed by atoms with Crippen molar-refractivity contribution >= 4 is 18.5 Å². The molecule has 0 saturated heterocycles. The molecule has 0 bridgehead atoms. The summed E-state index contributed by atoms with van der Waals surface area (Å²) in [6.45, 7) is 3.91. The van der Waals surface area contributed by atoms with Gasteiger partial charge >= 0.3 is 0 Å². The van der Waals surface area contributed by atoms with Gasteiger partial charge in [0.25, 0.3) is 0 Å². The molecule has 0 radical (unpaired) electrons. The monoisotopic (exact) mass is 159 g/mol. The molecule has 10 heavy (non-hydrogen) atoms. The lowest BCUT2D eigenvalue weighted by Gasteiger charge is -2.11. The Balaban J connectivity index is 2.35. The third kappa shape index (κ3) is 1.66. The van der Waals surface area contributed by atoms with Crippen molar-refractivity contribution in [2.24, 2.45) is 0 Å². The van der Waals surface area contributed by atoms with Crippen LogP contribution in [0.4, 0.5) is 0 Å². The number of nitrogens with one attached hydrogen (secondary N) is 1. The van der Waals surface area contributed by atoms with E-state index < -0.39 is 0 Å². The summed E-state index contributed by atoms with van der Waals surface area (Å²) in [4.78, 5) is 11.2. The molecule has 1 amide bonds. The summed E-state index contributed by atoms with van der Waals surface area (Å²) in [5, 5.41) is 2.83. The first-order chi connectivity index (χ1) is 4.54. The fourth-order valence-corrected chi connectivity index (χ4v) is 0.918. The molecule has 3 heteroatoms. The topological polar surface area (TPSA) is 29.1 Å². The highest BCUT2D eigenvalue weighted by Crippen LogP contribution is 2.42. The van der Waals surface area contributed by atoms with Crippen LogP contribution in [0.1, 0.15) is 26.7 Å².